The molecule has 0 unspecified atom stereocenters. The van der Waals surface area contributed by atoms with Crippen molar-refractivity contribution in [3.05, 3.63) is 57.8 Å². The first-order valence-corrected chi connectivity index (χ1v) is 8.33. The zero-order valence-corrected chi connectivity index (χ0v) is 13.8. The van der Waals surface area contributed by atoms with Crippen molar-refractivity contribution >= 4 is 31.9 Å². The van der Waals surface area contributed by atoms with Crippen molar-refractivity contribution in [1.82, 2.24) is 9.71 Å². The quantitative estimate of drug-likeness (QED) is 0.902. The highest BCUT2D eigenvalue weighted by Gasteiger charge is 2.22. The Morgan fingerprint density at radius 3 is 2.52 bits per heavy atom. The Kier molecular flexibility index (Phi) is 4.43. The molecule has 0 aliphatic carbocycles. The van der Waals surface area contributed by atoms with E-state index in [9.17, 15) is 13.2 Å². The summed E-state index contributed by atoms with van der Waals surface area (Å²) in [6.45, 7) is 3.50. The molecule has 2 aromatic rings. The fourth-order valence-electron chi connectivity index (χ4n) is 1.79. The van der Waals surface area contributed by atoms with Gasteiger partial charge in [-0.1, -0.05) is 15.9 Å². The van der Waals surface area contributed by atoms with Crippen LogP contribution in [0.25, 0.3) is 0 Å². The molecule has 2 rings (SSSR count). The topological polar surface area (TPSA) is 76.1 Å². The zero-order valence-electron chi connectivity index (χ0n) is 11.4. The van der Waals surface area contributed by atoms with Crippen LogP contribution in [0, 0.1) is 13.8 Å². The number of nitrogens with one attached hydrogen (secondary N) is 1. The third kappa shape index (κ3) is 3.30. The number of pyridine rings is 1. The van der Waals surface area contributed by atoms with Crippen LogP contribution in [0.1, 0.15) is 21.5 Å². The molecule has 0 spiro atoms. The van der Waals surface area contributed by atoms with Crippen LogP contribution in [0.4, 0.5) is 0 Å². The highest BCUT2D eigenvalue weighted by molar-refractivity contribution is 9.10. The number of aromatic nitrogens is 1. The first-order valence-electron chi connectivity index (χ1n) is 6.06. The number of halogens is 1. The molecule has 0 radical (unpaired) electrons. The van der Waals surface area contributed by atoms with Gasteiger partial charge in [0.1, 0.15) is 0 Å². The van der Waals surface area contributed by atoms with Crippen LogP contribution in [-0.4, -0.2) is 19.3 Å². The van der Waals surface area contributed by atoms with Crippen molar-refractivity contribution in [3.63, 3.8) is 0 Å². The molecule has 1 aromatic carbocycles. The number of nitrogens with zero attached hydrogens (tertiary/aromatic N) is 1. The fraction of sp³-hybridized carbons (Fsp3) is 0.143. The molecule has 21 heavy (non-hydrogen) atoms. The average Bonchev–Trinajstić information content (AvgIpc) is 2.45. The first kappa shape index (κ1) is 15.7. The van der Waals surface area contributed by atoms with Crippen molar-refractivity contribution in [2.24, 2.45) is 0 Å². The van der Waals surface area contributed by atoms with Gasteiger partial charge in [-0.05, 0) is 49.2 Å². The Bertz CT molecular complexity index is 789. The summed E-state index contributed by atoms with van der Waals surface area (Å²) in [7, 11) is -3.93. The highest BCUT2D eigenvalue weighted by Crippen LogP contribution is 2.25. The number of amides is 1. The molecule has 0 fully saturated rings. The summed E-state index contributed by atoms with van der Waals surface area (Å²) in [5.74, 6) is -0.705. The lowest BCUT2D eigenvalue weighted by molar-refractivity contribution is 0.0981. The van der Waals surface area contributed by atoms with Gasteiger partial charge in [-0.2, -0.15) is 0 Å². The van der Waals surface area contributed by atoms with Crippen molar-refractivity contribution in [2.75, 3.05) is 0 Å². The molecular weight excluding hydrogens is 356 g/mol. The van der Waals surface area contributed by atoms with E-state index in [1.807, 2.05) is 0 Å². The minimum absolute atomic E-state index is 0.0837. The lowest BCUT2D eigenvalue weighted by atomic mass is 10.1. The molecule has 110 valence electrons. The van der Waals surface area contributed by atoms with Crippen LogP contribution in [-0.2, 0) is 10.0 Å². The number of benzene rings is 1. The second-order valence-corrected chi connectivity index (χ2v) is 6.98. The van der Waals surface area contributed by atoms with Crippen LogP contribution in [0.2, 0.25) is 0 Å². The number of carbonyl (C=O) groups excluding carboxylic acids is 1. The van der Waals surface area contributed by atoms with Crippen molar-refractivity contribution in [3.8, 4) is 0 Å². The van der Waals surface area contributed by atoms with Crippen molar-refractivity contribution < 1.29 is 13.2 Å². The van der Waals surface area contributed by atoms with E-state index in [0.717, 1.165) is 10.0 Å². The summed E-state index contributed by atoms with van der Waals surface area (Å²) in [6, 6.07) is 6.17. The summed E-state index contributed by atoms with van der Waals surface area (Å²) >= 11 is 3.34. The van der Waals surface area contributed by atoms with Gasteiger partial charge in [-0.25, -0.2) is 13.1 Å². The van der Waals surface area contributed by atoms with E-state index >= 15 is 0 Å². The van der Waals surface area contributed by atoms with Gasteiger partial charge in [0.15, 0.2) is 0 Å². The van der Waals surface area contributed by atoms with Gasteiger partial charge < -0.3 is 0 Å². The third-order valence-electron chi connectivity index (χ3n) is 3.11. The SMILES string of the molecule is Cc1c(Br)ccc(S(=O)(=O)NC(=O)c2cccnc2)c1C. The Labute approximate surface area is 131 Å². The maximum Gasteiger partial charge on any atom is 0.266 e. The molecule has 0 bridgehead atoms. The minimum atomic E-state index is -3.93. The summed E-state index contributed by atoms with van der Waals surface area (Å²) in [6.07, 6.45) is 2.82. The van der Waals surface area contributed by atoms with Crippen LogP contribution in [0.15, 0.2) is 46.0 Å². The predicted molar refractivity (Wildman–Crippen MR) is 82.5 cm³/mol. The van der Waals surface area contributed by atoms with E-state index in [0.29, 0.717) is 5.56 Å². The van der Waals surface area contributed by atoms with Crippen LogP contribution in [0.5, 0.6) is 0 Å². The second-order valence-electron chi connectivity index (χ2n) is 4.47. The van der Waals surface area contributed by atoms with Crippen LogP contribution >= 0.6 is 15.9 Å². The largest absolute Gasteiger partial charge is 0.268 e. The van der Waals surface area contributed by atoms with E-state index in [1.165, 1.54) is 24.5 Å². The second kappa shape index (κ2) is 5.95. The van der Waals surface area contributed by atoms with Gasteiger partial charge in [-0.15, -0.1) is 0 Å². The molecule has 1 N–H and O–H groups in total. The van der Waals surface area contributed by atoms with E-state index < -0.39 is 15.9 Å². The smallest absolute Gasteiger partial charge is 0.266 e. The zero-order chi connectivity index (χ0) is 15.6. The Hall–Kier alpha value is -1.73. The first-order chi connectivity index (χ1) is 9.83. The van der Waals surface area contributed by atoms with Gasteiger partial charge in [0.2, 0.25) is 0 Å². The average molecular weight is 369 g/mol. The number of rotatable bonds is 3. The van der Waals surface area contributed by atoms with Gasteiger partial charge in [0, 0.05) is 16.9 Å². The summed E-state index contributed by atoms with van der Waals surface area (Å²) < 4.78 is 27.5. The molecule has 0 aliphatic rings. The van der Waals surface area contributed by atoms with Crippen LogP contribution in [0.3, 0.4) is 0 Å². The molecule has 5 nitrogen and oxygen atoms in total. The van der Waals surface area contributed by atoms with E-state index in [2.05, 4.69) is 25.6 Å². The number of hydrogen-bond acceptors (Lipinski definition) is 4. The maximum absolute atomic E-state index is 12.3. The Balaban J connectivity index is 2.36. The standard InChI is InChI=1S/C14H13BrN2O3S/c1-9-10(2)13(6-5-12(9)15)21(19,20)17-14(18)11-4-3-7-16-8-11/h3-8H,1-2H3,(H,17,18). The lowest BCUT2D eigenvalue weighted by Crippen LogP contribution is -2.31. The normalized spacial score (nSPS) is 11.2. The Morgan fingerprint density at radius 2 is 1.90 bits per heavy atom. The molecular formula is C14H13BrN2O3S. The number of hydrogen-bond donors (Lipinski definition) is 1. The molecule has 0 atom stereocenters. The molecule has 1 aromatic heterocycles. The molecule has 0 saturated carbocycles. The van der Waals surface area contributed by atoms with Gasteiger partial charge in [0.25, 0.3) is 15.9 Å². The maximum atomic E-state index is 12.3. The monoisotopic (exact) mass is 368 g/mol. The van der Waals surface area contributed by atoms with E-state index in [1.54, 1.807) is 26.0 Å². The van der Waals surface area contributed by atoms with E-state index in [-0.39, 0.29) is 10.5 Å². The van der Waals surface area contributed by atoms with Gasteiger partial charge in [-0.3, -0.25) is 9.78 Å². The molecule has 7 heteroatoms. The van der Waals surface area contributed by atoms with E-state index in [4.69, 9.17) is 0 Å². The molecule has 1 amide bonds. The predicted octanol–water partition coefficient (Wildman–Crippen LogP) is 2.58. The molecule has 0 aliphatic heterocycles. The van der Waals surface area contributed by atoms with Crippen LogP contribution < -0.4 is 4.72 Å². The fourth-order valence-corrected chi connectivity index (χ4v) is 3.49. The minimum Gasteiger partial charge on any atom is -0.268 e. The number of carbonyl (C=O) groups is 1. The van der Waals surface area contributed by atoms with Crippen molar-refractivity contribution in [2.45, 2.75) is 18.7 Å². The van der Waals surface area contributed by atoms with Gasteiger partial charge in [0.05, 0.1) is 10.5 Å². The van der Waals surface area contributed by atoms with Crippen molar-refractivity contribution in [1.29, 1.82) is 0 Å². The van der Waals surface area contributed by atoms with Gasteiger partial charge >= 0.3 is 0 Å². The number of sulfonamides is 1. The molecule has 0 saturated heterocycles. The third-order valence-corrected chi connectivity index (χ3v) is 5.45. The summed E-state index contributed by atoms with van der Waals surface area (Å²) in [5, 5.41) is 0. The summed E-state index contributed by atoms with van der Waals surface area (Å²) in [4.78, 5) is 15.8. The Morgan fingerprint density at radius 1 is 1.19 bits per heavy atom. The molecule has 1 heterocycles. The highest BCUT2D eigenvalue weighted by atomic mass is 79.9. The summed E-state index contributed by atoms with van der Waals surface area (Å²) in [5.41, 5.74) is 1.59. The lowest BCUT2D eigenvalue weighted by Gasteiger charge is -2.12.